The van der Waals surface area contributed by atoms with Crippen molar-refractivity contribution in [2.24, 2.45) is 0 Å². The Morgan fingerprint density at radius 2 is 1.67 bits per heavy atom. The molecule has 0 unspecified atom stereocenters. The molecule has 0 atom stereocenters. The van der Waals surface area contributed by atoms with Gasteiger partial charge in [-0.2, -0.15) is 0 Å². The van der Waals surface area contributed by atoms with E-state index in [0.29, 0.717) is 29.9 Å². The van der Waals surface area contributed by atoms with Crippen LogP contribution in [-0.4, -0.2) is 37.3 Å². The topological polar surface area (TPSA) is 79.4 Å². The van der Waals surface area contributed by atoms with Gasteiger partial charge in [0.25, 0.3) is 15.9 Å². The molecular weight excluding hydrogens is 362 g/mol. The summed E-state index contributed by atoms with van der Waals surface area (Å²) in [6.45, 7) is 5.01. The number of pyridine rings is 1. The van der Waals surface area contributed by atoms with Crippen molar-refractivity contribution in [1.29, 1.82) is 0 Å². The standard InChI is InChI=1S/C20H21N3O3S/c1-3-23(4-2)20(24)16-10-12-17(13-11-16)27(25,26)22-18-9-5-7-15-8-6-14-21-19(15)18/h5-14,22H,3-4H2,1-2H3. The zero-order valence-electron chi connectivity index (χ0n) is 15.2. The molecule has 6 nitrogen and oxygen atoms in total. The molecule has 1 N–H and O–H groups in total. The number of benzene rings is 2. The second-order valence-electron chi connectivity index (χ2n) is 5.99. The number of para-hydroxylation sites is 1. The smallest absolute Gasteiger partial charge is 0.261 e. The van der Waals surface area contributed by atoms with Crippen molar-refractivity contribution in [1.82, 2.24) is 9.88 Å². The van der Waals surface area contributed by atoms with Crippen LogP contribution in [0.3, 0.4) is 0 Å². The summed E-state index contributed by atoms with van der Waals surface area (Å²) in [5.41, 5.74) is 1.46. The summed E-state index contributed by atoms with van der Waals surface area (Å²) >= 11 is 0. The van der Waals surface area contributed by atoms with Crippen molar-refractivity contribution in [3.05, 3.63) is 66.4 Å². The summed E-state index contributed by atoms with van der Waals surface area (Å²) in [7, 11) is -3.79. The van der Waals surface area contributed by atoms with Gasteiger partial charge in [-0.1, -0.05) is 18.2 Å². The van der Waals surface area contributed by atoms with Crippen molar-refractivity contribution >= 4 is 32.5 Å². The molecule has 2 aromatic carbocycles. The quantitative estimate of drug-likeness (QED) is 0.706. The molecule has 0 fully saturated rings. The van der Waals surface area contributed by atoms with E-state index in [-0.39, 0.29) is 10.8 Å². The van der Waals surface area contributed by atoms with Crippen LogP contribution in [-0.2, 0) is 10.0 Å². The van der Waals surface area contributed by atoms with Gasteiger partial charge in [0.05, 0.1) is 16.1 Å². The minimum atomic E-state index is -3.79. The minimum Gasteiger partial charge on any atom is -0.339 e. The molecule has 0 aliphatic carbocycles. The van der Waals surface area contributed by atoms with Gasteiger partial charge in [0, 0.05) is 30.2 Å². The maximum absolute atomic E-state index is 12.7. The van der Waals surface area contributed by atoms with E-state index < -0.39 is 10.0 Å². The van der Waals surface area contributed by atoms with Gasteiger partial charge in [-0.25, -0.2) is 8.42 Å². The molecular formula is C20H21N3O3S. The molecule has 7 heteroatoms. The number of fused-ring (bicyclic) bond motifs is 1. The Labute approximate surface area is 158 Å². The number of nitrogens with zero attached hydrogens (tertiary/aromatic N) is 2. The molecule has 3 aromatic rings. The fraction of sp³-hybridized carbons (Fsp3) is 0.200. The predicted molar refractivity (Wildman–Crippen MR) is 106 cm³/mol. The highest BCUT2D eigenvalue weighted by Gasteiger charge is 2.18. The third-order valence-electron chi connectivity index (χ3n) is 4.34. The highest BCUT2D eigenvalue weighted by Crippen LogP contribution is 2.24. The van der Waals surface area contributed by atoms with Crippen molar-refractivity contribution in [2.75, 3.05) is 17.8 Å². The number of amides is 1. The van der Waals surface area contributed by atoms with Crippen LogP contribution in [0.25, 0.3) is 10.9 Å². The van der Waals surface area contributed by atoms with Crippen LogP contribution in [0.5, 0.6) is 0 Å². The predicted octanol–water partition coefficient (Wildman–Crippen LogP) is 3.52. The number of carbonyl (C=O) groups is 1. The molecule has 0 radical (unpaired) electrons. The third-order valence-corrected chi connectivity index (χ3v) is 5.72. The number of nitrogens with one attached hydrogen (secondary N) is 1. The van der Waals surface area contributed by atoms with Crippen LogP contribution in [0.15, 0.2) is 65.7 Å². The van der Waals surface area contributed by atoms with E-state index in [2.05, 4.69) is 9.71 Å². The zero-order valence-corrected chi connectivity index (χ0v) is 16.0. The number of hydrogen-bond donors (Lipinski definition) is 1. The van der Waals surface area contributed by atoms with Gasteiger partial charge in [0.15, 0.2) is 0 Å². The van der Waals surface area contributed by atoms with Crippen molar-refractivity contribution in [2.45, 2.75) is 18.7 Å². The highest BCUT2D eigenvalue weighted by molar-refractivity contribution is 7.92. The molecule has 0 aliphatic heterocycles. The molecule has 0 saturated carbocycles. The van der Waals surface area contributed by atoms with Crippen LogP contribution >= 0.6 is 0 Å². The van der Waals surface area contributed by atoms with Gasteiger partial charge in [0.2, 0.25) is 0 Å². The molecule has 27 heavy (non-hydrogen) atoms. The molecule has 1 amide bonds. The number of hydrogen-bond acceptors (Lipinski definition) is 4. The molecule has 0 saturated heterocycles. The largest absolute Gasteiger partial charge is 0.339 e. The first-order valence-corrected chi connectivity index (χ1v) is 10.2. The molecule has 1 aromatic heterocycles. The summed E-state index contributed by atoms with van der Waals surface area (Å²) in [6.07, 6.45) is 1.62. The Morgan fingerprint density at radius 3 is 2.33 bits per heavy atom. The van der Waals surface area contributed by atoms with Crippen LogP contribution in [0.2, 0.25) is 0 Å². The maximum atomic E-state index is 12.7. The van der Waals surface area contributed by atoms with Gasteiger partial charge in [-0.05, 0) is 50.2 Å². The Morgan fingerprint density at radius 1 is 1.00 bits per heavy atom. The fourth-order valence-corrected chi connectivity index (χ4v) is 3.93. The summed E-state index contributed by atoms with van der Waals surface area (Å²) in [4.78, 5) is 18.4. The second-order valence-corrected chi connectivity index (χ2v) is 7.67. The van der Waals surface area contributed by atoms with E-state index >= 15 is 0 Å². The number of anilines is 1. The van der Waals surface area contributed by atoms with Gasteiger partial charge in [-0.15, -0.1) is 0 Å². The Hall–Kier alpha value is -2.93. The Bertz CT molecular complexity index is 1050. The maximum Gasteiger partial charge on any atom is 0.261 e. The lowest BCUT2D eigenvalue weighted by molar-refractivity contribution is 0.0773. The number of rotatable bonds is 6. The molecule has 3 rings (SSSR count). The third kappa shape index (κ3) is 3.93. The van der Waals surface area contributed by atoms with Crippen molar-refractivity contribution in [3.8, 4) is 0 Å². The number of aromatic nitrogens is 1. The minimum absolute atomic E-state index is 0.0894. The first-order chi connectivity index (χ1) is 13.0. The monoisotopic (exact) mass is 383 g/mol. The van der Waals surface area contributed by atoms with Crippen molar-refractivity contribution in [3.63, 3.8) is 0 Å². The molecule has 1 heterocycles. The van der Waals surface area contributed by atoms with E-state index in [4.69, 9.17) is 0 Å². The molecule has 140 valence electrons. The summed E-state index contributed by atoms with van der Waals surface area (Å²) < 4.78 is 28.1. The van der Waals surface area contributed by atoms with E-state index in [1.54, 1.807) is 29.3 Å². The zero-order chi connectivity index (χ0) is 19.4. The van der Waals surface area contributed by atoms with Gasteiger partial charge >= 0.3 is 0 Å². The van der Waals surface area contributed by atoms with Crippen LogP contribution in [0.1, 0.15) is 24.2 Å². The van der Waals surface area contributed by atoms with Gasteiger partial charge < -0.3 is 4.90 Å². The first kappa shape index (κ1) is 18.8. The molecule has 0 bridgehead atoms. The van der Waals surface area contributed by atoms with E-state index in [9.17, 15) is 13.2 Å². The summed E-state index contributed by atoms with van der Waals surface area (Å²) in [5.74, 6) is -0.116. The van der Waals surface area contributed by atoms with Gasteiger partial charge in [-0.3, -0.25) is 14.5 Å². The van der Waals surface area contributed by atoms with Crippen molar-refractivity contribution < 1.29 is 13.2 Å². The van der Waals surface area contributed by atoms with Crippen LogP contribution in [0, 0.1) is 0 Å². The lowest BCUT2D eigenvalue weighted by Crippen LogP contribution is -2.30. The van der Waals surface area contributed by atoms with Crippen LogP contribution < -0.4 is 4.72 Å². The lowest BCUT2D eigenvalue weighted by Gasteiger charge is -2.18. The van der Waals surface area contributed by atoms with Gasteiger partial charge in [0.1, 0.15) is 0 Å². The first-order valence-electron chi connectivity index (χ1n) is 8.72. The highest BCUT2D eigenvalue weighted by atomic mass is 32.2. The fourth-order valence-electron chi connectivity index (χ4n) is 2.86. The number of sulfonamides is 1. The second kappa shape index (κ2) is 7.75. The SMILES string of the molecule is CCN(CC)C(=O)c1ccc(S(=O)(=O)Nc2cccc3cccnc23)cc1. The van der Waals surface area contributed by atoms with E-state index in [1.807, 2.05) is 26.0 Å². The molecule has 0 spiro atoms. The average molecular weight is 383 g/mol. The molecule has 0 aliphatic rings. The average Bonchev–Trinajstić information content (AvgIpc) is 2.69. The lowest BCUT2D eigenvalue weighted by atomic mass is 10.2. The number of carbonyl (C=O) groups excluding carboxylic acids is 1. The van der Waals surface area contributed by atoms with E-state index in [1.165, 1.54) is 24.3 Å². The van der Waals surface area contributed by atoms with E-state index in [0.717, 1.165) is 5.39 Å². The summed E-state index contributed by atoms with van der Waals surface area (Å²) in [6, 6.07) is 14.9. The Kier molecular flexibility index (Phi) is 5.41. The summed E-state index contributed by atoms with van der Waals surface area (Å²) in [5, 5.41) is 0.845. The van der Waals surface area contributed by atoms with Crippen LogP contribution in [0.4, 0.5) is 5.69 Å². The Balaban J connectivity index is 1.88. The normalized spacial score (nSPS) is 11.3.